The van der Waals surface area contributed by atoms with Crippen LogP contribution in [0, 0.1) is 0 Å². The van der Waals surface area contributed by atoms with Crippen LogP contribution >= 0.6 is 11.8 Å². The third-order valence-corrected chi connectivity index (χ3v) is 4.19. The van der Waals surface area contributed by atoms with Crippen molar-refractivity contribution >= 4 is 29.5 Å². The molecule has 0 saturated carbocycles. The molecule has 0 unspecified atom stereocenters. The molecule has 0 heterocycles. The number of thioether (sulfide) groups is 1. The number of rotatable bonds is 11. The molecule has 0 atom stereocenters. The zero-order valence-electron chi connectivity index (χ0n) is 14.8. The van der Waals surface area contributed by atoms with Crippen LogP contribution in [0.3, 0.4) is 0 Å². The van der Waals surface area contributed by atoms with Crippen LogP contribution < -0.4 is 10.6 Å². The molecule has 1 aromatic carbocycles. The lowest BCUT2D eigenvalue weighted by molar-refractivity contribution is -0.141. The summed E-state index contributed by atoms with van der Waals surface area (Å²) in [5.74, 6) is -0.229. The van der Waals surface area contributed by atoms with Crippen molar-refractivity contribution in [3.8, 4) is 0 Å². The van der Waals surface area contributed by atoms with Gasteiger partial charge in [0.1, 0.15) is 5.94 Å². The van der Waals surface area contributed by atoms with Gasteiger partial charge in [-0.3, -0.25) is 14.4 Å². The minimum atomic E-state index is -0.226. The van der Waals surface area contributed by atoms with Crippen molar-refractivity contribution in [1.82, 2.24) is 10.6 Å². The van der Waals surface area contributed by atoms with Crippen LogP contribution in [0.25, 0.3) is 0 Å². The van der Waals surface area contributed by atoms with E-state index in [1.54, 1.807) is 12.1 Å². The summed E-state index contributed by atoms with van der Waals surface area (Å²) in [6.07, 6.45) is 2.76. The van der Waals surface area contributed by atoms with Gasteiger partial charge in [-0.15, -0.1) is 0 Å². The number of amides is 2. The van der Waals surface area contributed by atoms with Crippen LogP contribution in [-0.4, -0.2) is 36.8 Å². The molecule has 0 aliphatic rings. The fourth-order valence-electron chi connectivity index (χ4n) is 2.03. The average Bonchev–Trinajstić information content (AvgIpc) is 2.58. The summed E-state index contributed by atoms with van der Waals surface area (Å²) in [7, 11) is 0. The number of benzene rings is 1. The molecule has 1 rings (SSSR count). The Morgan fingerprint density at radius 2 is 1.76 bits per heavy atom. The standard InChI is InChI=1S/C18H26N2O4S/c1-3-8-17(22)24-13-25-16-10-5-4-9-15(16)18(23)20-12-7-6-11-19-14(2)21/h4-5,9-10H,3,6-8,11-13H2,1-2H3,(H,19,21)(H,20,23). The van der Waals surface area contributed by atoms with Crippen LogP contribution in [0.15, 0.2) is 29.2 Å². The Bertz CT molecular complexity index is 578. The first-order chi connectivity index (χ1) is 12.0. The van der Waals surface area contributed by atoms with Gasteiger partial charge in [0.2, 0.25) is 5.91 Å². The second-order valence-corrected chi connectivity index (χ2v) is 6.43. The van der Waals surface area contributed by atoms with Crippen LogP contribution in [0.5, 0.6) is 0 Å². The molecule has 0 saturated heterocycles. The molecule has 0 bridgehead atoms. The quantitative estimate of drug-likeness (QED) is 0.272. The van der Waals surface area contributed by atoms with Crippen molar-refractivity contribution in [2.45, 2.75) is 44.4 Å². The first-order valence-corrected chi connectivity index (χ1v) is 9.43. The van der Waals surface area contributed by atoms with Crippen molar-refractivity contribution in [3.05, 3.63) is 29.8 Å². The van der Waals surface area contributed by atoms with E-state index in [-0.39, 0.29) is 23.7 Å². The lowest BCUT2D eigenvalue weighted by Crippen LogP contribution is -2.26. The topological polar surface area (TPSA) is 84.5 Å². The van der Waals surface area contributed by atoms with Crippen LogP contribution in [0.1, 0.15) is 49.9 Å². The number of carbonyl (C=O) groups excluding carboxylic acids is 3. The van der Waals surface area contributed by atoms with Crippen LogP contribution in [-0.2, 0) is 14.3 Å². The van der Waals surface area contributed by atoms with E-state index in [4.69, 9.17) is 4.74 Å². The lowest BCUT2D eigenvalue weighted by atomic mass is 10.2. The summed E-state index contributed by atoms with van der Waals surface area (Å²) in [5.41, 5.74) is 0.570. The Hall–Kier alpha value is -2.02. The molecule has 0 spiro atoms. The Balaban J connectivity index is 2.39. The molecule has 7 heteroatoms. The Morgan fingerprint density at radius 1 is 1.08 bits per heavy atom. The molecule has 138 valence electrons. The van der Waals surface area contributed by atoms with Gasteiger partial charge in [0, 0.05) is 31.3 Å². The van der Waals surface area contributed by atoms with E-state index >= 15 is 0 Å². The number of nitrogens with one attached hydrogen (secondary N) is 2. The maximum atomic E-state index is 12.3. The van der Waals surface area contributed by atoms with Crippen LogP contribution in [0.4, 0.5) is 0 Å². The monoisotopic (exact) mass is 366 g/mol. The Morgan fingerprint density at radius 3 is 2.44 bits per heavy atom. The zero-order chi connectivity index (χ0) is 18.5. The number of ether oxygens (including phenoxy) is 1. The van der Waals surface area contributed by atoms with Gasteiger partial charge in [0.15, 0.2) is 0 Å². The molecule has 0 aliphatic heterocycles. The molecule has 0 fully saturated rings. The molecule has 2 N–H and O–H groups in total. The first kappa shape index (κ1) is 21.0. The van der Waals surface area contributed by atoms with Gasteiger partial charge in [-0.2, -0.15) is 0 Å². The summed E-state index contributed by atoms with van der Waals surface area (Å²) in [5, 5.41) is 5.59. The third-order valence-electron chi connectivity index (χ3n) is 3.28. The zero-order valence-corrected chi connectivity index (χ0v) is 15.6. The predicted octanol–water partition coefficient (Wildman–Crippen LogP) is 2.73. The third kappa shape index (κ3) is 9.14. The molecule has 0 aromatic heterocycles. The average molecular weight is 366 g/mol. The molecule has 1 aromatic rings. The van der Waals surface area contributed by atoms with Crippen LogP contribution in [0.2, 0.25) is 0 Å². The van der Waals surface area contributed by atoms with E-state index in [0.29, 0.717) is 25.1 Å². The molecule has 6 nitrogen and oxygen atoms in total. The second-order valence-electron chi connectivity index (χ2n) is 5.47. The normalized spacial score (nSPS) is 10.2. The number of esters is 1. The van der Waals surface area contributed by atoms with Gasteiger partial charge in [-0.25, -0.2) is 0 Å². The van der Waals surface area contributed by atoms with Gasteiger partial charge in [0.05, 0.1) is 5.56 Å². The van der Waals surface area contributed by atoms with Crippen molar-refractivity contribution in [1.29, 1.82) is 0 Å². The highest BCUT2D eigenvalue weighted by Crippen LogP contribution is 2.22. The highest BCUT2D eigenvalue weighted by atomic mass is 32.2. The Labute approximate surface area is 153 Å². The van der Waals surface area contributed by atoms with E-state index < -0.39 is 0 Å². The minimum Gasteiger partial charge on any atom is -0.454 e. The number of carbonyl (C=O) groups is 3. The van der Waals surface area contributed by atoms with Gasteiger partial charge in [-0.1, -0.05) is 30.8 Å². The maximum absolute atomic E-state index is 12.3. The summed E-state index contributed by atoms with van der Waals surface area (Å²) in [4.78, 5) is 35.2. The molecule has 0 aliphatic carbocycles. The summed E-state index contributed by atoms with van der Waals surface area (Å²) < 4.78 is 5.12. The molecule has 25 heavy (non-hydrogen) atoms. The van der Waals surface area contributed by atoms with Gasteiger partial charge >= 0.3 is 5.97 Å². The summed E-state index contributed by atoms with van der Waals surface area (Å²) in [6.45, 7) is 4.56. The Kier molecular flexibility index (Phi) is 10.4. The largest absolute Gasteiger partial charge is 0.454 e. The molecular formula is C18H26N2O4S. The number of unbranched alkanes of at least 4 members (excludes halogenated alkanes) is 1. The predicted molar refractivity (Wildman–Crippen MR) is 98.4 cm³/mol. The highest BCUT2D eigenvalue weighted by Gasteiger charge is 2.11. The SMILES string of the molecule is CCCC(=O)OCSc1ccccc1C(=O)NCCCCNC(C)=O. The molecule has 0 radical (unpaired) electrons. The van der Waals surface area contributed by atoms with Crippen molar-refractivity contribution in [3.63, 3.8) is 0 Å². The van der Waals surface area contributed by atoms with Gasteiger partial charge in [0.25, 0.3) is 5.91 Å². The second kappa shape index (κ2) is 12.4. The summed E-state index contributed by atoms with van der Waals surface area (Å²) >= 11 is 1.33. The van der Waals surface area contributed by atoms with E-state index in [1.165, 1.54) is 18.7 Å². The van der Waals surface area contributed by atoms with Gasteiger partial charge in [-0.05, 0) is 31.4 Å². The fraction of sp³-hybridized carbons (Fsp3) is 0.500. The van der Waals surface area contributed by atoms with Crippen molar-refractivity contribution < 1.29 is 19.1 Å². The minimum absolute atomic E-state index is 0.0466. The fourth-order valence-corrected chi connectivity index (χ4v) is 2.83. The van der Waals surface area contributed by atoms with Crippen molar-refractivity contribution in [2.24, 2.45) is 0 Å². The first-order valence-electron chi connectivity index (χ1n) is 8.44. The van der Waals surface area contributed by atoms with E-state index in [2.05, 4.69) is 10.6 Å². The van der Waals surface area contributed by atoms with Gasteiger partial charge < -0.3 is 15.4 Å². The van der Waals surface area contributed by atoms with E-state index in [9.17, 15) is 14.4 Å². The van der Waals surface area contributed by atoms with E-state index in [0.717, 1.165) is 24.2 Å². The van der Waals surface area contributed by atoms with Crippen molar-refractivity contribution in [2.75, 3.05) is 19.0 Å². The van der Waals surface area contributed by atoms with E-state index in [1.807, 2.05) is 19.1 Å². The smallest absolute Gasteiger partial charge is 0.306 e. The number of hydrogen-bond acceptors (Lipinski definition) is 5. The summed E-state index contributed by atoms with van der Waals surface area (Å²) in [6, 6.07) is 7.24. The molecule has 2 amide bonds. The highest BCUT2D eigenvalue weighted by molar-refractivity contribution is 7.99. The molecular weight excluding hydrogens is 340 g/mol. The lowest BCUT2D eigenvalue weighted by Gasteiger charge is -2.10. The number of hydrogen-bond donors (Lipinski definition) is 2. The maximum Gasteiger partial charge on any atom is 0.306 e.